The number of halogens is 1. The first kappa shape index (κ1) is 21.4. The highest BCUT2D eigenvalue weighted by molar-refractivity contribution is 7.89. The van der Waals surface area contributed by atoms with Crippen LogP contribution >= 0.6 is 11.6 Å². The highest BCUT2D eigenvalue weighted by Gasteiger charge is 2.20. The van der Waals surface area contributed by atoms with E-state index in [1.165, 1.54) is 7.05 Å². The number of nitrogens with zero attached hydrogens (tertiary/aromatic N) is 3. The number of guanidine groups is 1. The summed E-state index contributed by atoms with van der Waals surface area (Å²) >= 11 is 6.11. The Balaban J connectivity index is 1.59. The van der Waals surface area contributed by atoms with Gasteiger partial charge in [-0.05, 0) is 42.9 Å². The van der Waals surface area contributed by atoms with Gasteiger partial charge in [0.15, 0.2) is 5.96 Å². The van der Waals surface area contributed by atoms with Gasteiger partial charge in [0.05, 0.1) is 4.90 Å². The molecule has 9 heteroatoms. The Morgan fingerprint density at radius 3 is 2.48 bits per heavy atom. The van der Waals surface area contributed by atoms with E-state index in [1.54, 1.807) is 25.2 Å². The first-order valence-electron chi connectivity index (χ1n) is 9.41. The molecule has 1 fully saturated rings. The zero-order valence-corrected chi connectivity index (χ0v) is 18.2. The van der Waals surface area contributed by atoms with Crippen LogP contribution in [0.5, 0.6) is 0 Å². The quantitative estimate of drug-likeness (QED) is 0.556. The van der Waals surface area contributed by atoms with Gasteiger partial charge in [0, 0.05) is 50.5 Å². The number of benzene rings is 2. The van der Waals surface area contributed by atoms with Gasteiger partial charge in [0.2, 0.25) is 10.0 Å². The van der Waals surface area contributed by atoms with Gasteiger partial charge in [-0.25, -0.2) is 13.1 Å². The SMILES string of the molecule is CN=C(NCc1cccc(S(=O)(=O)NC)c1)N1CCN(c2cccc(Cl)c2)CC1. The highest BCUT2D eigenvalue weighted by Crippen LogP contribution is 2.20. The molecule has 3 rings (SSSR count). The van der Waals surface area contributed by atoms with E-state index in [9.17, 15) is 8.42 Å². The fourth-order valence-electron chi connectivity index (χ4n) is 3.30. The molecule has 2 aromatic carbocycles. The van der Waals surface area contributed by atoms with E-state index < -0.39 is 10.0 Å². The molecular formula is C20H26ClN5O2S. The van der Waals surface area contributed by atoms with Crippen LogP contribution in [0.2, 0.25) is 5.02 Å². The van der Waals surface area contributed by atoms with Crippen LogP contribution in [0.3, 0.4) is 0 Å². The molecule has 1 saturated heterocycles. The Bertz CT molecular complexity index is 972. The molecule has 0 spiro atoms. The van der Waals surface area contributed by atoms with Crippen LogP contribution in [0.1, 0.15) is 5.56 Å². The number of sulfonamides is 1. The average molecular weight is 436 g/mol. The smallest absolute Gasteiger partial charge is 0.240 e. The van der Waals surface area contributed by atoms with E-state index in [0.717, 1.165) is 48.4 Å². The number of anilines is 1. The van der Waals surface area contributed by atoms with Crippen molar-refractivity contribution in [1.29, 1.82) is 0 Å². The van der Waals surface area contributed by atoms with Gasteiger partial charge in [-0.2, -0.15) is 0 Å². The molecule has 1 heterocycles. The number of hydrogen-bond donors (Lipinski definition) is 2. The molecule has 7 nitrogen and oxygen atoms in total. The second-order valence-corrected chi connectivity index (χ2v) is 9.03. The van der Waals surface area contributed by atoms with Gasteiger partial charge in [0.25, 0.3) is 0 Å². The lowest BCUT2D eigenvalue weighted by molar-refractivity contribution is 0.372. The first-order valence-corrected chi connectivity index (χ1v) is 11.3. The lowest BCUT2D eigenvalue weighted by Gasteiger charge is -2.37. The second-order valence-electron chi connectivity index (χ2n) is 6.71. The molecule has 0 amide bonds. The fourth-order valence-corrected chi connectivity index (χ4v) is 4.29. The summed E-state index contributed by atoms with van der Waals surface area (Å²) in [5.74, 6) is 0.803. The third-order valence-corrected chi connectivity index (χ3v) is 6.54. The van der Waals surface area contributed by atoms with Gasteiger partial charge in [0.1, 0.15) is 0 Å². The van der Waals surface area contributed by atoms with Gasteiger partial charge in [-0.15, -0.1) is 0 Å². The number of hydrogen-bond acceptors (Lipinski definition) is 4. The van der Waals surface area contributed by atoms with E-state index in [4.69, 9.17) is 11.6 Å². The van der Waals surface area contributed by atoms with Crippen LogP contribution in [-0.4, -0.2) is 59.6 Å². The van der Waals surface area contributed by atoms with Crippen molar-refractivity contribution in [3.63, 3.8) is 0 Å². The molecule has 0 atom stereocenters. The lowest BCUT2D eigenvalue weighted by Crippen LogP contribution is -2.52. The zero-order valence-electron chi connectivity index (χ0n) is 16.6. The lowest BCUT2D eigenvalue weighted by atomic mass is 10.2. The third kappa shape index (κ3) is 5.41. The van der Waals surface area contributed by atoms with Gasteiger partial charge in [-0.1, -0.05) is 29.8 Å². The largest absolute Gasteiger partial charge is 0.368 e. The summed E-state index contributed by atoms with van der Waals surface area (Å²) in [7, 11) is -0.289. The number of piperazine rings is 1. The minimum absolute atomic E-state index is 0.254. The van der Waals surface area contributed by atoms with Crippen molar-refractivity contribution in [2.75, 3.05) is 45.2 Å². The molecule has 2 N–H and O–H groups in total. The minimum Gasteiger partial charge on any atom is -0.368 e. The van der Waals surface area contributed by atoms with Crippen LogP contribution in [0.4, 0.5) is 5.69 Å². The molecule has 0 radical (unpaired) electrons. The van der Waals surface area contributed by atoms with Gasteiger partial charge >= 0.3 is 0 Å². The Morgan fingerprint density at radius 2 is 1.83 bits per heavy atom. The van der Waals surface area contributed by atoms with E-state index in [1.807, 2.05) is 24.3 Å². The monoisotopic (exact) mass is 435 g/mol. The Labute approximate surface area is 177 Å². The summed E-state index contributed by atoms with van der Waals surface area (Å²) in [5, 5.41) is 4.08. The summed E-state index contributed by atoms with van der Waals surface area (Å²) < 4.78 is 26.3. The zero-order chi connectivity index (χ0) is 20.9. The van der Waals surface area contributed by atoms with Crippen molar-refractivity contribution >= 4 is 33.3 Å². The van der Waals surface area contributed by atoms with Crippen molar-refractivity contribution in [3.8, 4) is 0 Å². The topological polar surface area (TPSA) is 77.0 Å². The van der Waals surface area contributed by atoms with Crippen molar-refractivity contribution in [3.05, 3.63) is 59.1 Å². The van der Waals surface area contributed by atoms with E-state index >= 15 is 0 Å². The van der Waals surface area contributed by atoms with Crippen LogP contribution in [-0.2, 0) is 16.6 Å². The molecular weight excluding hydrogens is 410 g/mol. The standard InChI is InChI=1S/C20H26ClN5O2S/c1-22-20(24-15-16-5-3-8-19(13-16)29(27,28)23-2)26-11-9-25(10-12-26)18-7-4-6-17(21)14-18/h3-8,13-14,23H,9-12,15H2,1-2H3,(H,22,24). The number of nitrogens with one attached hydrogen (secondary N) is 2. The molecule has 0 bridgehead atoms. The summed E-state index contributed by atoms with van der Waals surface area (Å²) in [6.07, 6.45) is 0. The van der Waals surface area contributed by atoms with Gasteiger partial charge < -0.3 is 15.1 Å². The molecule has 0 saturated carbocycles. The summed E-state index contributed by atoms with van der Waals surface area (Å²) in [6.45, 7) is 3.91. The minimum atomic E-state index is -3.45. The molecule has 1 aliphatic rings. The molecule has 0 aromatic heterocycles. The van der Waals surface area contributed by atoms with Crippen LogP contribution in [0.25, 0.3) is 0 Å². The second kappa shape index (κ2) is 9.47. The summed E-state index contributed by atoms with van der Waals surface area (Å²) in [6, 6.07) is 14.8. The fraction of sp³-hybridized carbons (Fsp3) is 0.350. The molecule has 1 aliphatic heterocycles. The highest BCUT2D eigenvalue weighted by atomic mass is 35.5. The maximum Gasteiger partial charge on any atom is 0.240 e. The number of rotatable bonds is 5. The van der Waals surface area contributed by atoms with Gasteiger partial charge in [-0.3, -0.25) is 4.99 Å². The predicted molar refractivity (Wildman–Crippen MR) is 118 cm³/mol. The normalized spacial score (nSPS) is 15.5. The van der Waals surface area contributed by atoms with E-state index in [-0.39, 0.29) is 4.90 Å². The predicted octanol–water partition coefficient (Wildman–Crippen LogP) is 2.15. The average Bonchev–Trinajstić information content (AvgIpc) is 2.75. The van der Waals surface area contributed by atoms with Crippen molar-refractivity contribution in [2.24, 2.45) is 4.99 Å². The maximum atomic E-state index is 12.0. The molecule has 156 valence electrons. The van der Waals surface area contributed by atoms with E-state index in [2.05, 4.69) is 30.9 Å². The Kier molecular flexibility index (Phi) is 7.00. The first-order chi connectivity index (χ1) is 13.9. The third-order valence-electron chi connectivity index (χ3n) is 4.89. The summed E-state index contributed by atoms with van der Waals surface area (Å²) in [5.41, 5.74) is 2.00. The Morgan fingerprint density at radius 1 is 1.10 bits per heavy atom. The molecule has 2 aromatic rings. The maximum absolute atomic E-state index is 12.0. The van der Waals surface area contributed by atoms with Crippen molar-refractivity contribution in [1.82, 2.24) is 14.9 Å². The summed E-state index contributed by atoms with van der Waals surface area (Å²) in [4.78, 5) is 9.15. The van der Waals surface area contributed by atoms with Crippen molar-refractivity contribution in [2.45, 2.75) is 11.4 Å². The van der Waals surface area contributed by atoms with Crippen LogP contribution in [0.15, 0.2) is 58.4 Å². The number of aliphatic imine (C=N–C) groups is 1. The van der Waals surface area contributed by atoms with E-state index in [0.29, 0.717) is 6.54 Å². The molecule has 0 unspecified atom stereocenters. The van der Waals surface area contributed by atoms with Crippen LogP contribution in [0, 0.1) is 0 Å². The van der Waals surface area contributed by atoms with Crippen LogP contribution < -0.4 is 14.9 Å². The van der Waals surface area contributed by atoms with Crippen molar-refractivity contribution < 1.29 is 8.42 Å². The molecule has 0 aliphatic carbocycles. The molecule has 29 heavy (non-hydrogen) atoms. The Hall–Kier alpha value is -2.29.